The topological polar surface area (TPSA) is 37.3 Å². The zero-order valence-corrected chi connectivity index (χ0v) is 8.27. The second-order valence-corrected chi connectivity index (χ2v) is 3.10. The van der Waals surface area contributed by atoms with Gasteiger partial charge in [0.1, 0.15) is 0 Å². The normalized spacial score (nSPS) is 10.0. The highest BCUT2D eigenvalue weighted by Crippen LogP contribution is 2.15. The van der Waals surface area contributed by atoms with Crippen LogP contribution in [0.3, 0.4) is 0 Å². The molecule has 0 atom stereocenters. The van der Waals surface area contributed by atoms with Gasteiger partial charge >= 0.3 is 5.97 Å². The lowest BCUT2D eigenvalue weighted by Crippen LogP contribution is -2.01. The van der Waals surface area contributed by atoms with E-state index < -0.39 is 5.97 Å². The van der Waals surface area contributed by atoms with Crippen LogP contribution in [0.15, 0.2) is 18.2 Å². The Balaban J connectivity index is 3.15. The number of hydrogen-bond donors (Lipinski definition) is 1. The smallest absolute Gasteiger partial charge is 0.336 e. The maximum absolute atomic E-state index is 10.7. The Morgan fingerprint density at radius 3 is 2.46 bits per heavy atom. The highest BCUT2D eigenvalue weighted by molar-refractivity contribution is 6.18. The summed E-state index contributed by atoms with van der Waals surface area (Å²) in [5.74, 6) is -0.410. The van der Waals surface area contributed by atoms with Gasteiger partial charge in [-0.05, 0) is 17.2 Å². The van der Waals surface area contributed by atoms with Crippen LogP contribution in [0.1, 0.15) is 21.5 Å². The van der Waals surface area contributed by atoms with Gasteiger partial charge in [0.2, 0.25) is 0 Å². The first-order chi connectivity index (χ1) is 6.19. The average molecular weight is 219 g/mol. The Morgan fingerprint density at radius 1 is 1.31 bits per heavy atom. The van der Waals surface area contributed by atoms with Gasteiger partial charge in [0.25, 0.3) is 0 Å². The summed E-state index contributed by atoms with van der Waals surface area (Å²) in [7, 11) is 0. The number of carbonyl (C=O) groups is 1. The lowest BCUT2D eigenvalue weighted by Gasteiger charge is -2.03. The van der Waals surface area contributed by atoms with Crippen LogP contribution >= 0.6 is 23.2 Å². The van der Waals surface area contributed by atoms with Crippen LogP contribution in [-0.4, -0.2) is 11.1 Å². The molecule has 0 saturated carbocycles. The number of aromatic carboxylic acids is 1. The predicted octanol–water partition coefficient (Wildman–Crippen LogP) is 2.86. The van der Waals surface area contributed by atoms with Gasteiger partial charge in [-0.15, -0.1) is 23.2 Å². The van der Waals surface area contributed by atoms with Crippen LogP contribution in [0.25, 0.3) is 0 Å². The molecule has 1 N–H and O–H groups in total. The molecule has 0 saturated heterocycles. The molecule has 4 heteroatoms. The number of carboxylic acids is 1. The van der Waals surface area contributed by atoms with Crippen molar-refractivity contribution < 1.29 is 9.90 Å². The quantitative estimate of drug-likeness (QED) is 0.793. The molecule has 2 nitrogen and oxygen atoms in total. The molecule has 1 aromatic rings. The second-order valence-electron chi connectivity index (χ2n) is 2.56. The molecule has 0 aromatic heterocycles. The van der Waals surface area contributed by atoms with Crippen LogP contribution in [0.2, 0.25) is 0 Å². The van der Waals surface area contributed by atoms with Crippen LogP contribution in [0.5, 0.6) is 0 Å². The number of benzene rings is 1. The number of carboxylic acid groups (broad SMARTS) is 1. The molecule has 0 heterocycles. The van der Waals surface area contributed by atoms with E-state index in [1.807, 2.05) is 0 Å². The summed E-state index contributed by atoms with van der Waals surface area (Å²) in [5, 5.41) is 8.77. The van der Waals surface area contributed by atoms with Crippen molar-refractivity contribution in [1.29, 1.82) is 0 Å². The van der Waals surface area contributed by atoms with E-state index in [1.165, 1.54) is 6.07 Å². The Labute approximate surface area is 86.1 Å². The van der Waals surface area contributed by atoms with E-state index in [9.17, 15) is 4.79 Å². The van der Waals surface area contributed by atoms with Gasteiger partial charge < -0.3 is 5.11 Å². The fraction of sp³-hybridized carbons (Fsp3) is 0.222. The molecule has 70 valence electrons. The molecular weight excluding hydrogens is 211 g/mol. The van der Waals surface area contributed by atoms with E-state index in [2.05, 4.69) is 0 Å². The van der Waals surface area contributed by atoms with E-state index in [0.717, 1.165) is 5.56 Å². The van der Waals surface area contributed by atoms with Crippen molar-refractivity contribution in [2.75, 3.05) is 0 Å². The Kier molecular flexibility index (Phi) is 3.58. The molecule has 13 heavy (non-hydrogen) atoms. The molecule has 0 aliphatic rings. The van der Waals surface area contributed by atoms with Crippen molar-refractivity contribution in [2.24, 2.45) is 0 Å². The number of halogens is 2. The van der Waals surface area contributed by atoms with Crippen LogP contribution < -0.4 is 0 Å². The van der Waals surface area contributed by atoms with Gasteiger partial charge in [0, 0.05) is 11.8 Å². The van der Waals surface area contributed by atoms with Gasteiger partial charge in [0.05, 0.1) is 5.56 Å². The highest BCUT2D eigenvalue weighted by Gasteiger charge is 2.08. The summed E-state index contributed by atoms with van der Waals surface area (Å²) in [6, 6.07) is 4.92. The maximum atomic E-state index is 10.7. The van der Waals surface area contributed by atoms with Crippen LogP contribution in [-0.2, 0) is 11.8 Å². The van der Waals surface area contributed by atoms with Gasteiger partial charge in [-0.25, -0.2) is 4.79 Å². The predicted molar refractivity (Wildman–Crippen MR) is 52.5 cm³/mol. The number of alkyl halides is 2. The third kappa shape index (κ3) is 2.36. The summed E-state index contributed by atoms with van der Waals surface area (Å²) in [6.45, 7) is 0. The zero-order valence-electron chi connectivity index (χ0n) is 6.76. The molecule has 0 aliphatic heterocycles. The molecule has 0 spiro atoms. The van der Waals surface area contributed by atoms with E-state index in [4.69, 9.17) is 28.3 Å². The summed E-state index contributed by atoms with van der Waals surface area (Å²) in [4.78, 5) is 10.7. The summed E-state index contributed by atoms with van der Waals surface area (Å²) in [6.07, 6.45) is 0. The van der Waals surface area contributed by atoms with Crippen molar-refractivity contribution >= 4 is 29.2 Å². The lowest BCUT2D eigenvalue weighted by molar-refractivity contribution is 0.0696. The van der Waals surface area contributed by atoms with E-state index in [0.29, 0.717) is 11.4 Å². The Morgan fingerprint density at radius 2 is 2.00 bits per heavy atom. The molecule has 0 amide bonds. The van der Waals surface area contributed by atoms with Crippen molar-refractivity contribution in [3.63, 3.8) is 0 Å². The lowest BCUT2D eigenvalue weighted by atomic mass is 10.1. The van der Waals surface area contributed by atoms with E-state index in [-0.39, 0.29) is 11.4 Å². The first-order valence-corrected chi connectivity index (χ1v) is 4.73. The average Bonchev–Trinajstić information content (AvgIpc) is 2.16. The molecule has 0 fully saturated rings. The van der Waals surface area contributed by atoms with Crippen LogP contribution in [0.4, 0.5) is 0 Å². The van der Waals surface area contributed by atoms with Crippen molar-refractivity contribution in [3.8, 4) is 0 Å². The van der Waals surface area contributed by atoms with Crippen LogP contribution in [0, 0.1) is 0 Å². The van der Waals surface area contributed by atoms with Gasteiger partial charge in [-0.3, -0.25) is 0 Å². The third-order valence-corrected chi connectivity index (χ3v) is 2.29. The third-order valence-electron chi connectivity index (χ3n) is 1.70. The van der Waals surface area contributed by atoms with Crippen molar-refractivity contribution in [1.82, 2.24) is 0 Å². The minimum absolute atomic E-state index is 0.187. The number of hydrogen-bond acceptors (Lipinski definition) is 1. The first kappa shape index (κ1) is 10.4. The van der Waals surface area contributed by atoms with E-state index >= 15 is 0 Å². The zero-order chi connectivity index (χ0) is 9.84. The SMILES string of the molecule is O=C(O)c1ccc(CCl)cc1CCl. The summed E-state index contributed by atoms with van der Waals surface area (Å²) < 4.78 is 0. The van der Waals surface area contributed by atoms with Crippen molar-refractivity contribution in [2.45, 2.75) is 11.8 Å². The maximum Gasteiger partial charge on any atom is 0.336 e. The molecule has 1 aromatic carbocycles. The minimum atomic E-state index is -0.961. The molecule has 0 radical (unpaired) electrons. The van der Waals surface area contributed by atoms with Crippen molar-refractivity contribution in [3.05, 3.63) is 34.9 Å². The Bertz CT molecular complexity index is 323. The highest BCUT2D eigenvalue weighted by atomic mass is 35.5. The summed E-state index contributed by atoms with van der Waals surface area (Å²) >= 11 is 11.2. The second kappa shape index (κ2) is 4.49. The number of rotatable bonds is 3. The summed E-state index contributed by atoms with van der Waals surface area (Å²) in [5.41, 5.74) is 1.72. The Hall–Kier alpha value is -0.730. The molecule has 0 bridgehead atoms. The first-order valence-electron chi connectivity index (χ1n) is 3.66. The fourth-order valence-corrected chi connectivity index (χ4v) is 1.44. The van der Waals surface area contributed by atoms with Gasteiger partial charge in [0.15, 0.2) is 0 Å². The molecule has 0 aliphatic carbocycles. The molecule has 0 unspecified atom stereocenters. The van der Waals surface area contributed by atoms with Gasteiger partial charge in [-0.1, -0.05) is 12.1 Å². The molecule has 1 rings (SSSR count). The van der Waals surface area contributed by atoms with Gasteiger partial charge in [-0.2, -0.15) is 0 Å². The van der Waals surface area contributed by atoms with E-state index in [1.54, 1.807) is 12.1 Å². The standard InChI is InChI=1S/C9H8Cl2O2/c10-4-6-1-2-8(9(12)13)7(3-6)5-11/h1-3H,4-5H2,(H,12,13). The minimum Gasteiger partial charge on any atom is -0.478 e. The fourth-order valence-electron chi connectivity index (χ4n) is 1.05. The monoisotopic (exact) mass is 218 g/mol. The largest absolute Gasteiger partial charge is 0.478 e. The molecular formula is C9H8Cl2O2.